The molecule has 0 unspecified atom stereocenters. The molecule has 0 atom stereocenters. The van der Waals surface area contributed by atoms with Gasteiger partial charge >= 0.3 is 0 Å². The van der Waals surface area contributed by atoms with E-state index in [1.165, 1.54) is 17.1 Å². The first kappa shape index (κ1) is 22.7. The maximum Gasteiger partial charge on any atom is 0.246 e. The van der Waals surface area contributed by atoms with E-state index in [2.05, 4.69) is 23.1 Å². The number of amides is 1. The second-order valence-corrected chi connectivity index (χ2v) is 9.51. The molecule has 0 N–H and O–H groups in total. The normalized spacial score (nSPS) is 18.1. The molecule has 1 amide bonds. The Bertz CT molecular complexity index is 902. The summed E-state index contributed by atoms with van der Waals surface area (Å²) >= 11 is 2.04. The van der Waals surface area contributed by atoms with E-state index in [0.29, 0.717) is 0 Å². The highest BCUT2D eigenvalue weighted by atomic mass is 32.2. The lowest BCUT2D eigenvalue weighted by atomic mass is 10.1. The monoisotopic (exact) mass is 452 g/mol. The molecule has 2 aliphatic rings. The number of likely N-dealkylation sites (tertiary alicyclic amines) is 1. The number of piperidine rings is 1. The standard InChI is InChI=1S/C26H32N2O3S/c1-30-23-8-5-21(6-9-23)7-10-26(29)28-13-11-24(12-14-28)31-25-4-2-3-22(19-25)20-27-15-17-32-18-16-27/h2-10,19,24H,11-18,20H2,1H3/b10-7+. The molecule has 2 heterocycles. The number of rotatable bonds is 7. The number of ether oxygens (including phenoxy) is 2. The minimum absolute atomic E-state index is 0.0564. The van der Waals surface area contributed by atoms with Gasteiger partial charge in [0.2, 0.25) is 5.91 Å². The van der Waals surface area contributed by atoms with Crippen molar-refractivity contribution >= 4 is 23.7 Å². The first-order valence-electron chi connectivity index (χ1n) is 11.4. The van der Waals surface area contributed by atoms with Crippen LogP contribution in [0.2, 0.25) is 0 Å². The fraction of sp³-hybridized carbons (Fsp3) is 0.423. The average Bonchev–Trinajstić information content (AvgIpc) is 2.84. The van der Waals surface area contributed by atoms with Crippen LogP contribution in [-0.2, 0) is 11.3 Å². The van der Waals surface area contributed by atoms with Gasteiger partial charge < -0.3 is 14.4 Å². The first-order chi connectivity index (χ1) is 15.7. The van der Waals surface area contributed by atoms with Crippen molar-refractivity contribution in [3.05, 3.63) is 65.7 Å². The fourth-order valence-electron chi connectivity index (χ4n) is 4.11. The molecule has 0 spiro atoms. The average molecular weight is 453 g/mol. The molecule has 32 heavy (non-hydrogen) atoms. The third-order valence-electron chi connectivity index (χ3n) is 6.00. The van der Waals surface area contributed by atoms with E-state index in [1.54, 1.807) is 13.2 Å². The van der Waals surface area contributed by atoms with Crippen LogP contribution in [0.5, 0.6) is 11.5 Å². The molecular weight excluding hydrogens is 420 g/mol. The lowest BCUT2D eigenvalue weighted by Crippen LogP contribution is -2.41. The number of thioether (sulfide) groups is 1. The maximum absolute atomic E-state index is 12.6. The van der Waals surface area contributed by atoms with Crippen molar-refractivity contribution in [1.82, 2.24) is 9.80 Å². The predicted octanol–water partition coefficient (Wildman–Crippen LogP) is 4.33. The van der Waals surface area contributed by atoms with E-state index in [9.17, 15) is 4.79 Å². The third-order valence-corrected chi connectivity index (χ3v) is 6.94. The van der Waals surface area contributed by atoms with Crippen LogP contribution in [0.25, 0.3) is 6.08 Å². The van der Waals surface area contributed by atoms with Gasteiger partial charge in [-0.15, -0.1) is 0 Å². The van der Waals surface area contributed by atoms with Crippen LogP contribution in [0, 0.1) is 0 Å². The Kier molecular flexibility index (Phi) is 8.13. The Hall–Kier alpha value is -2.44. The van der Waals surface area contributed by atoms with Gasteiger partial charge in [0, 0.05) is 63.1 Å². The summed E-state index contributed by atoms with van der Waals surface area (Å²) in [6.07, 6.45) is 5.39. The summed E-state index contributed by atoms with van der Waals surface area (Å²) in [6, 6.07) is 16.2. The van der Waals surface area contributed by atoms with Gasteiger partial charge in [-0.25, -0.2) is 0 Å². The molecule has 2 aromatic rings. The van der Waals surface area contributed by atoms with Gasteiger partial charge in [0.25, 0.3) is 0 Å². The third kappa shape index (κ3) is 6.53. The van der Waals surface area contributed by atoms with E-state index < -0.39 is 0 Å². The second-order valence-electron chi connectivity index (χ2n) is 8.28. The van der Waals surface area contributed by atoms with Gasteiger partial charge in [0.1, 0.15) is 17.6 Å². The van der Waals surface area contributed by atoms with Crippen LogP contribution in [0.3, 0.4) is 0 Å². The summed E-state index contributed by atoms with van der Waals surface area (Å²) in [7, 11) is 1.65. The van der Waals surface area contributed by atoms with Crippen LogP contribution >= 0.6 is 11.8 Å². The Morgan fingerprint density at radius 1 is 1.03 bits per heavy atom. The van der Waals surface area contributed by atoms with Crippen LogP contribution in [-0.4, -0.2) is 66.6 Å². The number of nitrogens with zero attached hydrogens (tertiary/aromatic N) is 2. The zero-order valence-electron chi connectivity index (χ0n) is 18.7. The molecule has 0 aromatic heterocycles. The molecule has 5 nitrogen and oxygen atoms in total. The number of carbonyl (C=O) groups excluding carboxylic acids is 1. The lowest BCUT2D eigenvalue weighted by Gasteiger charge is -2.31. The Balaban J connectivity index is 1.24. The quantitative estimate of drug-likeness (QED) is 0.585. The highest BCUT2D eigenvalue weighted by Crippen LogP contribution is 2.22. The molecule has 0 bridgehead atoms. The van der Waals surface area contributed by atoms with Crippen LogP contribution in [0.15, 0.2) is 54.6 Å². The van der Waals surface area contributed by atoms with E-state index >= 15 is 0 Å². The topological polar surface area (TPSA) is 42.0 Å². The molecule has 2 fully saturated rings. The van der Waals surface area contributed by atoms with Gasteiger partial charge in [-0.3, -0.25) is 9.69 Å². The smallest absolute Gasteiger partial charge is 0.246 e. The van der Waals surface area contributed by atoms with Crippen molar-refractivity contribution in [1.29, 1.82) is 0 Å². The molecule has 0 aliphatic carbocycles. The van der Waals surface area contributed by atoms with Crippen molar-refractivity contribution in [2.24, 2.45) is 0 Å². The van der Waals surface area contributed by atoms with E-state index in [4.69, 9.17) is 9.47 Å². The summed E-state index contributed by atoms with van der Waals surface area (Å²) < 4.78 is 11.4. The Morgan fingerprint density at radius 3 is 2.50 bits per heavy atom. The second kappa shape index (κ2) is 11.4. The van der Waals surface area contributed by atoms with Crippen molar-refractivity contribution in [3.63, 3.8) is 0 Å². The number of methoxy groups -OCH3 is 1. The molecule has 2 saturated heterocycles. The van der Waals surface area contributed by atoms with E-state index in [1.807, 2.05) is 53.1 Å². The van der Waals surface area contributed by atoms with E-state index in [0.717, 1.165) is 62.6 Å². The molecule has 0 radical (unpaired) electrons. The van der Waals surface area contributed by atoms with E-state index in [-0.39, 0.29) is 12.0 Å². The molecule has 6 heteroatoms. The molecule has 2 aromatic carbocycles. The fourth-order valence-corrected chi connectivity index (χ4v) is 5.09. The van der Waals surface area contributed by atoms with Gasteiger partial charge in [-0.1, -0.05) is 24.3 Å². The zero-order valence-corrected chi connectivity index (χ0v) is 19.6. The summed E-state index contributed by atoms with van der Waals surface area (Å²) in [4.78, 5) is 17.0. The number of carbonyl (C=O) groups is 1. The molecular formula is C26H32N2O3S. The van der Waals surface area contributed by atoms with Crippen molar-refractivity contribution in [3.8, 4) is 11.5 Å². The van der Waals surface area contributed by atoms with Crippen LogP contribution in [0.4, 0.5) is 0 Å². The number of benzene rings is 2. The maximum atomic E-state index is 12.6. The summed E-state index contributed by atoms with van der Waals surface area (Å²) in [5, 5.41) is 0. The summed E-state index contributed by atoms with van der Waals surface area (Å²) in [5.41, 5.74) is 2.30. The summed E-state index contributed by atoms with van der Waals surface area (Å²) in [5.74, 6) is 4.26. The molecule has 4 rings (SSSR count). The highest BCUT2D eigenvalue weighted by Gasteiger charge is 2.23. The minimum Gasteiger partial charge on any atom is -0.497 e. The molecule has 2 aliphatic heterocycles. The van der Waals surface area contributed by atoms with Crippen LogP contribution in [0.1, 0.15) is 24.0 Å². The largest absolute Gasteiger partial charge is 0.497 e. The van der Waals surface area contributed by atoms with Gasteiger partial charge in [-0.05, 0) is 41.5 Å². The van der Waals surface area contributed by atoms with Crippen molar-refractivity contribution in [2.75, 3.05) is 44.8 Å². The van der Waals surface area contributed by atoms with Crippen LogP contribution < -0.4 is 9.47 Å². The first-order valence-corrected chi connectivity index (χ1v) is 12.5. The Labute approximate surface area is 195 Å². The Morgan fingerprint density at radius 2 is 1.78 bits per heavy atom. The highest BCUT2D eigenvalue weighted by molar-refractivity contribution is 7.99. The zero-order chi connectivity index (χ0) is 22.2. The molecule has 170 valence electrons. The minimum atomic E-state index is 0.0564. The lowest BCUT2D eigenvalue weighted by molar-refractivity contribution is -0.127. The summed E-state index contributed by atoms with van der Waals surface area (Å²) in [6.45, 7) is 4.76. The van der Waals surface area contributed by atoms with Gasteiger partial charge in [0.15, 0.2) is 0 Å². The van der Waals surface area contributed by atoms with Gasteiger partial charge in [0.05, 0.1) is 7.11 Å². The SMILES string of the molecule is COc1ccc(/C=C/C(=O)N2CCC(Oc3cccc(CN4CCSCC4)c3)CC2)cc1. The van der Waals surface area contributed by atoms with Crippen molar-refractivity contribution < 1.29 is 14.3 Å². The van der Waals surface area contributed by atoms with Crippen molar-refractivity contribution in [2.45, 2.75) is 25.5 Å². The predicted molar refractivity (Wildman–Crippen MR) is 131 cm³/mol. The number of hydrogen-bond acceptors (Lipinski definition) is 5. The van der Waals surface area contributed by atoms with Gasteiger partial charge in [-0.2, -0.15) is 11.8 Å². The number of hydrogen-bond donors (Lipinski definition) is 0. The molecule has 0 saturated carbocycles.